The van der Waals surface area contributed by atoms with Gasteiger partial charge in [0.05, 0.1) is 0 Å². The summed E-state index contributed by atoms with van der Waals surface area (Å²) in [5, 5.41) is 0. The van der Waals surface area contributed by atoms with Crippen molar-refractivity contribution < 1.29 is 4.74 Å². The molecular formula is C15H17N3OS. The van der Waals surface area contributed by atoms with E-state index < -0.39 is 0 Å². The zero-order valence-corrected chi connectivity index (χ0v) is 12.6. The topological polar surface area (TPSA) is 61.0 Å². The molecule has 5 heteroatoms. The molecule has 0 aliphatic rings. The maximum absolute atomic E-state index is 5.65. The van der Waals surface area contributed by atoms with E-state index in [2.05, 4.69) is 36.8 Å². The molecule has 1 heterocycles. The van der Waals surface area contributed by atoms with E-state index in [0.29, 0.717) is 17.4 Å². The number of hydrogen-bond donors (Lipinski definition) is 1. The summed E-state index contributed by atoms with van der Waals surface area (Å²) in [6.07, 6.45) is 1.58. The Morgan fingerprint density at radius 3 is 2.65 bits per heavy atom. The molecule has 0 amide bonds. The third-order valence-electron chi connectivity index (χ3n) is 2.96. The lowest BCUT2D eigenvalue weighted by molar-refractivity contribution is 0.441. The quantitative estimate of drug-likeness (QED) is 0.874. The van der Waals surface area contributed by atoms with Crippen LogP contribution in [0, 0.1) is 6.92 Å². The maximum atomic E-state index is 5.65. The predicted molar refractivity (Wildman–Crippen MR) is 83.3 cm³/mol. The Balaban J connectivity index is 2.24. The van der Waals surface area contributed by atoms with Gasteiger partial charge in [-0.05, 0) is 42.2 Å². The fourth-order valence-corrected chi connectivity index (χ4v) is 2.11. The first kappa shape index (κ1) is 14.4. The number of benzene rings is 1. The average molecular weight is 287 g/mol. The minimum Gasteiger partial charge on any atom is -0.424 e. The molecule has 0 aliphatic carbocycles. The lowest BCUT2D eigenvalue weighted by atomic mass is 9.98. The van der Waals surface area contributed by atoms with Crippen molar-refractivity contribution in [2.45, 2.75) is 26.7 Å². The lowest BCUT2D eigenvalue weighted by Crippen LogP contribution is -2.12. The van der Waals surface area contributed by atoms with E-state index in [1.807, 2.05) is 12.1 Å². The average Bonchev–Trinajstić information content (AvgIpc) is 2.38. The Morgan fingerprint density at radius 1 is 1.30 bits per heavy atom. The number of rotatable bonds is 4. The molecule has 2 aromatic rings. The van der Waals surface area contributed by atoms with Gasteiger partial charge in [0.25, 0.3) is 0 Å². The molecule has 0 saturated heterocycles. The highest BCUT2D eigenvalue weighted by Crippen LogP contribution is 2.25. The van der Waals surface area contributed by atoms with Gasteiger partial charge in [0.15, 0.2) is 0 Å². The van der Waals surface area contributed by atoms with Crippen molar-refractivity contribution in [2.75, 3.05) is 0 Å². The minimum atomic E-state index is 0.226. The molecule has 0 saturated carbocycles. The molecule has 4 nitrogen and oxygen atoms in total. The van der Waals surface area contributed by atoms with Crippen molar-refractivity contribution in [3.05, 3.63) is 47.3 Å². The van der Waals surface area contributed by atoms with Gasteiger partial charge in [-0.25, -0.2) is 4.98 Å². The van der Waals surface area contributed by atoms with Crippen LogP contribution in [0.2, 0.25) is 0 Å². The predicted octanol–water partition coefficient (Wildman–Crippen LogP) is 3.33. The highest BCUT2D eigenvalue weighted by Gasteiger charge is 2.07. The van der Waals surface area contributed by atoms with Gasteiger partial charge in [-0.2, -0.15) is 4.98 Å². The van der Waals surface area contributed by atoms with E-state index in [4.69, 9.17) is 22.7 Å². The van der Waals surface area contributed by atoms with Crippen molar-refractivity contribution in [3.8, 4) is 11.8 Å². The molecule has 0 fully saturated rings. The first-order valence-electron chi connectivity index (χ1n) is 6.38. The number of hydrogen-bond acceptors (Lipinski definition) is 4. The van der Waals surface area contributed by atoms with Crippen LogP contribution in [0.3, 0.4) is 0 Å². The molecule has 0 bridgehead atoms. The molecule has 0 atom stereocenters. The summed E-state index contributed by atoms with van der Waals surface area (Å²) in [7, 11) is 0. The second-order valence-corrected chi connectivity index (χ2v) is 5.30. The third kappa shape index (κ3) is 3.30. The van der Waals surface area contributed by atoms with Crippen LogP contribution in [-0.4, -0.2) is 15.0 Å². The molecule has 104 valence electrons. The zero-order chi connectivity index (χ0) is 14.7. The summed E-state index contributed by atoms with van der Waals surface area (Å²) in [5.74, 6) is 1.19. The minimum absolute atomic E-state index is 0.226. The molecule has 1 aromatic carbocycles. The number of aromatic nitrogens is 2. The zero-order valence-electron chi connectivity index (χ0n) is 11.8. The van der Waals surface area contributed by atoms with Gasteiger partial charge in [-0.15, -0.1) is 0 Å². The van der Waals surface area contributed by atoms with Crippen molar-refractivity contribution in [1.82, 2.24) is 9.97 Å². The first-order valence-corrected chi connectivity index (χ1v) is 6.79. The number of thiocarbonyl (C=S) groups is 1. The van der Waals surface area contributed by atoms with Crippen LogP contribution in [0.4, 0.5) is 0 Å². The second kappa shape index (κ2) is 5.96. The van der Waals surface area contributed by atoms with E-state index in [0.717, 1.165) is 0 Å². The van der Waals surface area contributed by atoms with Crippen molar-refractivity contribution in [2.24, 2.45) is 5.73 Å². The molecule has 2 rings (SSSR count). The van der Waals surface area contributed by atoms with Crippen LogP contribution in [0.1, 0.15) is 36.6 Å². The van der Waals surface area contributed by atoms with Crippen LogP contribution in [0.5, 0.6) is 11.8 Å². The molecule has 0 spiro atoms. The molecule has 0 radical (unpaired) electrons. The number of aryl methyl sites for hydroxylation is 1. The number of ether oxygens (including phenoxy) is 1. The summed E-state index contributed by atoms with van der Waals surface area (Å²) < 4.78 is 5.65. The molecule has 0 unspecified atom stereocenters. The van der Waals surface area contributed by atoms with Gasteiger partial charge in [-0.3, -0.25) is 0 Å². The van der Waals surface area contributed by atoms with Gasteiger partial charge in [-0.1, -0.05) is 32.1 Å². The highest BCUT2D eigenvalue weighted by atomic mass is 32.1. The smallest absolute Gasteiger partial charge is 0.322 e. The molecule has 20 heavy (non-hydrogen) atoms. The normalized spacial score (nSPS) is 10.6. The van der Waals surface area contributed by atoms with Crippen LogP contribution in [0.15, 0.2) is 30.5 Å². The van der Waals surface area contributed by atoms with E-state index in [1.165, 1.54) is 11.1 Å². The molecule has 0 aliphatic heterocycles. The van der Waals surface area contributed by atoms with Crippen molar-refractivity contribution in [3.63, 3.8) is 0 Å². The Labute approximate surface area is 124 Å². The largest absolute Gasteiger partial charge is 0.424 e. The third-order valence-corrected chi connectivity index (χ3v) is 3.17. The Bertz CT molecular complexity index is 641. The van der Waals surface area contributed by atoms with Crippen LogP contribution >= 0.6 is 12.2 Å². The summed E-state index contributed by atoms with van der Waals surface area (Å²) in [5.41, 5.74) is 8.52. The molecular weight excluding hydrogens is 270 g/mol. The van der Waals surface area contributed by atoms with Gasteiger partial charge in [0.2, 0.25) is 0 Å². The first-order chi connectivity index (χ1) is 9.47. The van der Waals surface area contributed by atoms with Crippen LogP contribution in [0.25, 0.3) is 0 Å². The summed E-state index contributed by atoms with van der Waals surface area (Å²) in [4.78, 5) is 8.44. The fourth-order valence-electron chi connectivity index (χ4n) is 1.99. The monoisotopic (exact) mass is 287 g/mol. The van der Waals surface area contributed by atoms with Crippen LogP contribution < -0.4 is 10.5 Å². The SMILES string of the molecule is Cc1cc(Oc2nccc(C(N)=S)n2)ccc1C(C)C. The van der Waals surface area contributed by atoms with Gasteiger partial charge in [0.1, 0.15) is 16.4 Å². The summed E-state index contributed by atoms with van der Waals surface area (Å²) >= 11 is 4.88. The van der Waals surface area contributed by atoms with E-state index in [9.17, 15) is 0 Å². The maximum Gasteiger partial charge on any atom is 0.322 e. The summed E-state index contributed by atoms with van der Waals surface area (Å²) in [6.45, 7) is 6.39. The standard InChI is InChI=1S/C15H17N3OS/c1-9(2)12-5-4-11(8-10(12)3)19-15-17-7-6-13(18-15)14(16)20/h4-9H,1-3H3,(H2,16,20). The van der Waals surface area contributed by atoms with Crippen molar-refractivity contribution >= 4 is 17.2 Å². The van der Waals surface area contributed by atoms with E-state index in [1.54, 1.807) is 12.3 Å². The number of nitrogens with two attached hydrogens (primary N) is 1. The molecule has 2 N–H and O–H groups in total. The van der Waals surface area contributed by atoms with Gasteiger partial charge >= 0.3 is 6.01 Å². The number of nitrogens with zero attached hydrogens (tertiary/aromatic N) is 2. The second-order valence-electron chi connectivity index (χ2n) is 4.86. The summed E-state index contributed by atoms with van der Waals surface area (Å²) in [6, 6.07) is 7.85. The van der Waals surface area contributed by atoms with E-state index >= 15 is 0 Å². The fraction of sp³-hybridized carbons (Fsp3) is 0.267. The lowest BCUT2D eigenvalue weighted by Gasteiger charge is -2.11. The van der Waals surface area contributed by atoms with Crippen molar-refractivity contribution in [1.29, 1.82) is 0 Å². The highest BCUT2D eigenvalue weighted by molar-refractivity contribution is 7.80. The Kier molecular flexibility index (Phi) is 4.29. The van der Waals surface area contributed by atoms with E-state index in [-0.39, 0.29) is 11.0 Å². The molecule has 1 aromatic heterocycles. The van der Waals surface area contributed by atoms with Gasteiger partial charge in [0, 0.05) is 6.20 Å². The Hall–Kier alpha value is -2.01. The van der Waals surface area contributed by atoms with Gasteiger partial charge < -0.3 is 10.5 Å². The Morgan fingerprint density at radius 2 is 2.05 bits per heavy atom. The van der Waals surface area contributed by atoms with Crippen LogP contribution in [-0.2, 0) is 0 Å².